The fourth-order valence-electron chi connectivity index (χ4n) is 3.46. The highest BCUT2D eigenvalue weighted by Crippen LogP contribution is 2.19. The van der Waals surface area contributed by atoms with Crippen LogP contribution in [0.5, 0.6) is 0 Å². The molecule has 1 aliphatic rings. The van der Waals surface area contributed by atoms with E-state index in [2.05, 4.69) is 26.2 Å². The largest absolute Gasteiger partial charge is 0.341 e. The molecule has 2 N–H and O–H groups in total. The second-order valence-electron chi connectivity index (χ2n) is 6.71. The minimum Gasteiger partial charge on any atom is -0.341 e. The monoisotopic (exact) mass is 357 g/mol. The van der Waals surface area contributed by atoms with E-state index >= 15 is 0 Å². The Hall–Kier alpha value is -2.48. The van der Waals surface area contributed by atoms with Crippen molar-refractivity contribution in [3.05, 3.63) is 30.3 Å². The van der Waals surface area contributed by atoms with Crippen molar-refractivity contribution in [2.45, 2.75) is 32.2 Å². The number of tetrazole rings is 1. The molecule has 0 radical (unpaired) electrons. The van der Waals surface area contributed by atoms with Gasteiger partial charge in [0.2, 0.25) is 11.9 Å². The molecule has 1 aliphatic heterocycles. The van der Waals surface area contributed by atoms with Gasteiger partial charge in [-0.1, -0.05) is 30.2 Å². The lowest BCUT2D eigenvalue weighted by Gasteiger charge is -2.35. The van der Waals surface area contributed by atoms with Crippen molar-refractivity contribution in [1.29, 1.82) is 0 Å². The van der Waals surface area contributed by atoms with Gasteiger partial charge in [0, 0.05) is 13.1 Å². The van der Waals surface area contributed by atoms with Crippen molar-refractivity contribution in [2.24, 2.45) is 5.92 Å². The molecule has 2 unspecified atom stereocenters. The molecule has 1 amide bonds. The van der Waals surface area contributed by atoms with Crippen LogP contribution in [0.3, 0.4) is 0 Å². The van der Waals surface area contributed by atoms with E-state index in [1.165, 1.54) is 6.42 Å². The number of piperidine rings is 1. The number of aromatic nitrogens is 4. The van der Waals surface area contributed by atoms with Crippen LogP contribution in [-0.2, 0) is 4.79 Å². The molecule has 8 nitrogen and oxygen atoms in total. The number of carbonyl (C=O) groups is 1. The van der Waals surface area contributed by atoms with Crippen molar-refractivity contribution < 1.29 is 4.79 Å². The molecule has 0 aliphatic carbocycles. The van der Waals surface area contributed by atoms with Gasteiger partial charge in [-0.25, -0.2) is 0 Å². The average molecular weight is 357 g/mol. The van der Waals surface area contributed by atoms with Crippen LogP contribution < -0.4 is 10.6 Å². The van der Waals surface area contributed by atoms with E-state index in [-0.39, 0.29) is 11.9 Å². The summed E-state index contributed by atoms with van der Waals surface area (Å²) in [7, 11) is 1.96. The number of anilines is 1. The zero-order valence-electron chi connectivity index (χ0n) is 15.4. The summed E-state index contributed by atoms with van der Waals surface area (Å²) in [4.78, 5) is 15.0. The van der Waals surface area contributed by atoms with Crippen LogP contribution in [-0.4, -0.2) is 63.7 Å². The molecule has 3 rings (SSSR count). The minimum atomic E-state index is -0.336. The topological polar surface area (TPSA) is 88.0 Å². The first-order valence-corrected chi connectivity index (χ1v) is 9.26. The maximum absolute atomic E-state index is 13.0. The predicted molar refractivity (Wildman–Crippen MR) is 100 cm³/mol. The number of nitrogens with zero attached hydrogens (tertiary/aromatic N) is 5. The molecule has 26 heavy (non-hydrogen) atoms. The van der Waals surface area contributed by atoms with Crippen LogP contribution in [0.1, 0.15) is 26.2 Å². The van der Waals surface area contributed by atoms with Gasteiger partial charge in [-0.3, -0.25) is 4.79 Å². The molecule has 1 aromatic heterocycles. The molecular weight excluding hydrogens is 330 g/mol. The van der Waals surface area contributed by atoms with Gasteiger partial charge in [0.05, 0.1) is 5.69 Å². The summed E-state index contributed by atoms with van der Waals surface area (Å²) in [5.41, 5.74) is 0.856. The van der Waals surface area contributed by atoms with E-state index in [0.717, 1.165) is 31.7 Å². The fraction of sp³-hybridized carbons (Fsp3) is 0.556. The molecule has 1 aromatic carbocycles. The minimum absolute atomic E-state index is 0.121. The second-order valence-corrected chi connectivity index (χ2v) is 6.71. The standard InChI is InChI=1S/C18H27N7O/c1-3-16(17(26)24-11-7-8-14(13-24)12-19-2)20-18-21-22-23-25(18)15-9-5-4-6-10-15/h4-6,9-10,14,16,19H,3,7-8,11-13H2,1-2H3,(H,20,21,23). The van der Waals surface area contributed by atoms with Gasteiger partial charge in [0.15, 0.2) is 0 Å². The smallest absolute Gasteiger partial charge is 0.248 e. The molecule has 2 atom stereocenters. The Morgan fingerprint density at radius 1 is 1.35 bits per heavy atom. The summed E-state index contributed by atoms with van der Waals surface area (Å²) in [5, 5.41) is 18.3. The number of nitrogens with one attached hydrogen (secondary N) is 2. The lowest BCUT2D eigenvalue weighted by Crippen LogP contribution is -2.48. The fourth-order valence-corrected chi connectivity index (χ4v) is 3.46. The quantitative estimate of drug-likeness (QED) is 0.777. The Morgan fingerprint density at radius 3 is 2.88 bits per heavy atom. The third-order valence-electron chi connectivity index (χ3n) is 4.80. The van der Waals surface area contributed by atoms with Crippen LogP contribution in [0.4, 0.5) is 5.95 Å². The summed E-state index contributed by atoms with van der Waals surface area (Å²) >= 11 is 0. The lowest BCUT2D eigenvalue weighted by molar-refractivity contribution is -0.133. The van der Waals surface area contributed by atoms with Gasteiger partial charge in [-0.2, -0.15) is 4.68 Å². The number of hydrogen-bond acceptors (Lipinski definition) is 6. The van der Waals surface area contributed by atoms with Gasteiger partial charge >= 0.3 is 0 Å². The van der Waals surface area contributed by atoms with Gasteiger partial charge in [0.1, 0.15) is 6.04 Å². The van der Waals surface area contributed by atoms with E-state index in [0.29, 0.717) is 18.3 Å². The molecule has 1 fully saturated rings. The van der Waals surface area contributed by atoms with Crippen molar-refractivity contribution in [3.63, 3.8) is 0 Å². The number of benzene rings is 1. The number of carbonyl (C=O) groups excluding carboxylic acids is 1. The van der Waals surface area contributed by atoms with E-state index in [9.17, 15) is 4.79 Å². The van der Waals surface area contributed by atoms with E-state index in [1.807, 2.05) is 49.2 Å². The molecule has 8 heteroatoms. The molecular formula is C18H27N7O. The summed E-state index contributed by atoms with van der Waals surface area (Å²) in [6, 6.07) is 9.32. The second kappa shape index (κ2) is 8.75. The van der Waals surface area contributed by atoms with Gasteiger partial charge in [0.25, 0.3) is 0 Å². The Kier molecular flexibility index (Phi) is 6.17. The maximum Gasteiger partial charge on any atom is 0.248 e. The van der Waals surface area contributed by atoms with Gasteiger partial charge in [-0.05, 0) is 61.3 Å². The first kappa shape index (κ1) is 18.3. The average Bonchev–Trinajstić information content (AvgIpc) is 3.15. The Balaban J connectivity index is 1.70. The Labute approximate surface area is 154 Å². The third-order valence-corrected chi connectivity index (χ3v) is 4.80. The van der Waals surface area contributed by atoms with E-state index < -0.39 is 0 Å². The summed E-state index contributed by atoms with van der Waals surface area (Å²) < 4.78 is 1.62. The summed E-state index contributed by atoms with van der Waals surface area (Å²) in [6.45, 7) is 4.57. The molecule has 2 aromatic rings. The molecule has 0 spiro atoms. The molecule has 0 saturated carbocycles. The predicted octanol–water partition coefficient (Wildman–Crippen LogP) is 1.31. The third kappa shape index (κ3) is 4.19. The van der Waals surface area contributed by atoms with Crippen molar-refractivity contribution in [3.8, 4) is 5.69 Å². The van der Waals surface area contributed by atoms with Crippen LogP contribution in [0, 0.1) is 5.92 Å². The zero-order valence-corrected chi connectivity index (χ0v) is 15.4. The highest BCUT2D eigenvalue weighted by atomic mass is 16.2. The maximum atomic E-state index is 13.0. The number of para-hydroxylation sites is 1. The zero-order chi connectivity index (χ0) is 18.4. The summed E-state index contributed by atoms with van der Waals surface area (Å²) in [6.07, 6.45) is 2.89. The summed E-state index contributed by atoms with van der Waals surface area (Å²) in [5.74, 6) is 1.13. The molecule has 1 saturated heterocycles. The van der Waals surface area contributed by atoms with Crippen LogP contribution in [0.25, 0.3) is 5.69 Å². The normalized spacial score (nSPS) is 18.5. The van der Waals surface area contributed by atoms with Gasteiger partial charge < -0.3 is 15.5 Å². The number of rotatable bonds is 7. The molecule has 2 heterocycles. The highest BCUT2D eigenvalue weighted by molar-refractivity contribution is 5.84. The van der Waals surface area contributed by atoms with Crippen molar-refractivity contribution in [1.82, 2.24) is 30.4 Å². The number of hydrogen-bond donors (Lipinski definition) is 2. The molecule has 140 valence electrons. The molecule has 0 bridgehead atoms. The highest BCUT2D eigenvalue weighted by Gasteiger charge is 2.29. The first-order valence-electron chi connectivity index (χ1n) is 9.26. The Morgan fingerprint density at radius 2 is 2.15 bits per heavy atom. The first-order chi connectivity index (χ1) is 12.7. The van der Waals surface area contributed by atoms with Crippen LogP contribution >= 0.6 is 0 Å². The van der Waals surface area contributed by atoms with Crippen LogP contribution in [0.15, 0.2) is 30.3 Å². The van der Waals surface area contributed by atoms with Crippen molar-refractivity contribution in [2.75, 3.05) is 32.0 Å². The number of amides is 1. The van der Waals surface area contributed by atoms with Crippen LogP contribution in [0.2, 0.25) is 0 Å². The van der Waals surface area contributed by atoms with Gasteiger partial charge in [-0.15, -0.1) is 0 Å². The number of likely N-dealkylation sites (tertiary alicyclic amines) is 1. The SMILES string of the molecule is CCC(Nc1nnnn1-c1ccccc1)C(=O)N1CCCC(CNC)C1. The van der Waals surface area contributed by atoms with E-state index in [1.54, 1.807) is 4.68 Å². The lowest BCUT2D eigenvalue weighted by atomic mass is 9.97. The Bertz CT molecular complexity index is 701. The van der Waals surface area contributed by atoms with Crippen molar-refractivity contribution >= 4 is 11.9 Å². The van der Waals surface area contributed by atoms with E-state index in [4.69, 9.17) is 0 Å².